The lowest BCUT2D eigenvalue weighted by molar-refractivity contribution is 0.293. The van der Waals surface area contributed by atoms with Gasteiger partial charge in [0.05, 0.1) is 11.0 Å². The summed E-state index contributed by atoms with van der Waals surface area (Å²) in [6, 6.07) is 10.7. The lowest BCUT2D eigenvalue weighted by Gasteiger charge is -2.14. The molecule has 0 saturated heterocycles. The standard InChI is InChI=1S/C20H24N2O/c1-12(2)16-7-6-13(3)8-19(16)23-11-20-21-17-9-14(4)15(5)10-18(17)22-20/h6-10,12H,11H2,1-5H3,(H,21,22). The molecule has 1 heterocycles. The minimum Gasteiger partial charge on any atom is -0.485 e. The molecule has 3 aromatic rings. The van der Waals surface area contributed by atoms with Gasteiger partial charge in [-0.25, -0.2) is 4.98 Å². The van der Waals surface area contributed by atoms with Crippen molar-refractivity contribution >= 4 is 11.0 Å². The topological polar surface area (TPSA) is 37.9 Å². The van der Waals surface area contributed by atoms with Crippen molar-refractivity contribution in [2.24, 2.45) is 0 Å². The highest BCUT2D eigenvalue weighted by molar-refractivity contribution is 5.77. The van der Waals surface area contributed by atoms with Crippen molar-refractivity contribution in [1.29, 1.82) is 0 Å². The molecule has 1 aromatic heterocycles. The molecule has 3 heteroatoms. The van der Waals surface area contributed by atoms with E-state index in [-0.39, 0.29) is 0 Å². The van der Waals surface area contributed by atoms with Gasteiger partial charge in [0.25, 0.3) is 0 Å². The summed E-state index contributed by atoms with van der Waals surface area (Å²) in [5.74, 6) is 2.25. The number of ether oxygens (including phenoxy) is 1. The van der Waals surface area contributed by atoms with E-state index >= 15 is 0 Å². The van der Waals surface area contributed by atoms with E-state index in [0.717, 1.165) is 22.6 Å². The highest BCUT2D eigenvalue weighted by Crippen LogP contribution is 2.28. The van der Waals surface area contributed by atoms with Crippen LogP contribution in [0.5, 0.6) is 5.75 Å². The number of hydrogen-bond acceptors (Lipinski definition) is 2. The predicted octanol–water partition coefficient (Wildman–Crippen LogP) is 5.19. The number of aromatic nitrogens is 2. The van der Waals surface area contributed by atoms with Crippen molar-refractivity contribution in [3.63, 3.8) is 0 Å². The van der Waals surface area contributed by atoms with Gasteiger partial charge in [-0.1, -0.05) is 26.0 Å². The largest absolute Gasteiger partial charge is 0.485 e. The zero-order valence-electron chi connectivity index (χ0n) is 14.5. The van der Waals surface area contributed by atoms with Crippen LogP contribution in [-0.4, -0.2) is 9.97 Å². The fourth-order valence-corrected chi connectivity index (χ4v) is 2.78. The summed E-state index contributed by atoms with van der Waals surface area (Å²) in [4.78, 5) is 8.01. The Kier molecular flexibility index (Phi) is 4.12. The minimum atomic E-state index is 0.437. The third-order valence-corrected chi connectivity index (χ3v) is 4.30. The summed E-state index contributed by atoms with van der Waals surface area (Å²) in [6.07, 6.45) is 0. The normalized spacial score (nSPS) is 11.4. The van der Waals surface area contributed by atoms with Gasteiger partial charge in [0.1, 0.15) is 18.2 Å². The lowest BCUT2D eigenvalue weighted by Crippen LogP contribution is -2.01. The Labute approximate surface area is 137 Å². The number of fused-ring (bicyclic) bond motifs is 1. The van der Waals surface area contributed by atoms with Gasteiger partial charge in [0.2, 0.25) is 0 Å². The second-order valence-electron chi connectivity index (χ2n) is 6.62. The van der Waals surface area contributed by atoms with Crippen molar-refractivity contribution in [3.05, 3.63) is 58.4 Å². The molecule has 0 saturated carbocycles. The molecule has 2 aromatic carbocycles. The number of hydrogen-bond donors (Lipinski definition) is 1. The van der Waals surface area contributed by atoms with E-state index in [4.69, 9.17) is 4.74 Å². The first-order valence-electron chi connectivity index (χ1n) is 8.13. The van der Waals surface area contributed by atoms with Crippen molar-refractivity contribution < 1.29 is 4.74 Å². The number of aryl methyl sites for hydroxylation is 3. The van der Waals surface area contributed by atoms with Gasteiger partial charge in [0, 0.05) is 0 Å². The van der Waals surface area contributed by atoms with Crippen molar-refractivity contribution in [1.82, 2.24) is 9.97 Å². The van der Waals surface area contributed by atoms with E-state index in [9.17, 15) is 0 Å². The number of H-pyrrole nitrogens is 1. The molecule has 0 bridgehead atoms. The van der Waals surface area contributed by atoms with Crippen molar-refractivity contribution in [2.45, 2.75) is 47.1 Å². The smallest absolute Gasteiger partial charge is 0.146 e. The maximum atomic E-state index is 6.06. The van der Waals surface area contributed by atoms with Gasteiger partial charge in [0.15, 0.2) is 0 Å². The second-order valence-corrected chi connectivity index (χ2v) is 6.62. The molecule has 1 N–H and O–H groups in total. The van der Waals surface area contributed by atoms with E-state index < -0.39 is 0 Å². The summed E-state index contributed by atoms with van der Waals surface area (Å²) >= 11 is 0. The second kappa shape index (κ2) is 6.07. The molecule has 0 aliphatic carbocycles. The van der Waals surface area contributed by atoms with Gasteiger partial charge < -0.3 is 9.72 Å². The highest BCUT2D eigenvalue weighted by atomic mass is 16.5. The monoisotopic (exact) mass is 308 g/mol. The van der Waals surface area contributed by atoms with Crippen LogP contribution < -0.4 is 4.74 Å². The van der Waals surface area contributed by atoms with Crippen LogP contribution in [0.2, 0.25) is 0 Å². The summed E-state index contributed by atoms with van der Waals surface area (Å²) in [6.45, 7) is 11.1. The predicted molar refractivity (Wildman–Crippen MR) is 95.2 cm³/mol. The van der Waals surface area contributed by atoms with Crippen molar-refractivity contribution in [2.75, 3.05) is 0 Å². The van der Waals surface area contributed by atoms with Crippen LogP contribution in [-0.2, 0) is 6.61 Å². The molecule has 0 unspecified atom stereocenters. The average molecular weight is 308 g/mol. The minimum absolute atomic E-state index is 0.437. The molecule has 0 radical (unpaired) electrons. The first-order chi connectivity index (χ1) is 10.9. The van der Waals surface area contributed by atoms with E-state index in [2.05, 4.69) is 74.9 Å². The van der Waals surface area contributed by atoms with Crippen LogP contribution in [0.25, 0.3) is 11.0 Å². The molecule has 0 aliphatic heterocycles. The van der Waals surface area contributed by atoms with Crippen LogP contribution in [0.3, 0.4) is 0 Å². The maximum absolute atomic E-state index is 6.06. The quantitative estimate of drug-likeness (QED) is 0.720. The molecule has 3 rings (SSSR count). The Morgan fingerprint density at radius 2 is 1.78 bits per heavy atom. The Bertz CT molecular complexity index is 807. The average Bonchev–Trinajstić information content (AvgIpc) is 2.87. The molecule has 120 valence electrons. The van der Waals surface area contributed by atoms with Gasteiger partial charge in [-0.05, 0) is 67.1 Å². The number of rotatable bonds is 4. The molecule has 0 spiro atoms. The van der Waals surface area contributed by atoms with Crippen LogP contribution >= 0.6 is 0 Å². The summed E-state index contributed by atoms with van der Waals surface area (Å²) in [5, 5.41) is 0. The Morgan fingerprint density at radius 3 is 2.52 bits per heavy atom. The molecule has 0 amide bonds. The zero-order valence-corrected chi connectivity index (χ0v) is 14.5. The first kappa shape index (κ1) is 15.6. The molecule has 0 fully saturated rings. The summed E-state index contributed by atoms with van der Waals surface area (Å²) in [7, 11) is 0. The van der Waals surface area contributed by atoms with Gasteiger partial charge in [-0.3, -0.25) is 0 Å². The molecule has 0 aliphatic rings. The van der Waals surface area contributed by atoms with Gasteiger partial charge >= 0.3 is 0 Å². The fourth-order valence-electron chi connectivity index (χ4n) is 2.78. The summed E-state index contributed by atoms with van der Waals surface area (Å²) in [5.41, 5.74) is 7.05. The lowest BCUT2D eigenvalue weighted by atomic mass is 10.0. The van der Waals surface area contributed by atoms with E-state index in [0.29, 0.717) is 12.5 Å². The third-order valence-electron chi connectivity index (χ3n) is 4.30. The summed E-state index contributed by atoms with van der Waals surface area (Å²) < 4.78 is 6.06. The molecule has 23 heavy (non-hydrogen) atoms. The number of nitrogens with zero attached hydrogens (tertiary/aromatic N) is 1. The van der Waals surface area contributed by atoms with Crippen LogP contribution in [0.4, 0.5) is 0 Å². The number of benzene rings is 2. The SMILES string of the molecule is Cc1ccc(C(C)C)c(OCc2nc3cc(C)c(C)cc3[nH]2)c1. The Hall–Kier alpha value is -2.29. The molecular formula is C20H24N2O. The third kappa shape index (κ3) is 3.24. The van der Waals surface area contributed by atoms with Gasteiger partial charge in [-0.15, -0.1) is 0 Å². The molecule has 0 atom stereocenters. The van der Waals surface area contributed by atoms with E-state index in [1.54, 1.807) is 0 Å². The van der Waals surface area contributed by atoms with Crippen LogP contribution in [0, 0.1) is 20.8 Å². The van der Waals surface area contributed by atoms with E-state index in [1.165, 1.54) is 22.3 Å². The highest BCUT2D eigenvalue weighted by Gasteiger charge is 2.10. The van der Waals surface area contributed by atoms with Crippen molar-refractivity contribution in [3.8, 4) is 5.75 Å². The molecular weight excluding hydrogens is 284 g/mol. The number of aromatic amines is 1. The number of nitrogens with one attached hydrogen (secondary N) is 1. The fraction of sp³-hybridized carbons (Fsp3) is 0.350. The van der Waals surface area contributed by atoms with Crippen LogP contribution in [0.1, 0.15) is 47.8 Å². The Balaban J connectivity index is 1.85. The van der Waals surface area contributed by atoms with Crippen LogP contribution in [0.15, 0.2) is 30.3 Å². The van der Waals surface area contributed by atoms with Gasteiger partial charge in [-0.2, -0.15) is 0 Å². The molecule has 3 nitrogen and oxygen atoms in total. The maximum Gasteiger partial charge on any atom is 0.146 e. The number of imidazole rings is 1. The zero-order chi connectivity index (χ0) is 16.6. The first-order valence-corrected chi connectivity index (χ1v) is 8.13. The Morgan fingerprint density at radius 1 is 1.04 bits per heavy atom. The van der Waals surface area contributed by atoms with E-state index in [1.807, 2.05) is 0 Å².